The third kappa shape index (κ3) is 4.35. The summed E-state index contributed by atoms with van der Waals surface area (Å²) in [6, 6.07) is 13.2. The molecule has 1 aromatic carbocycles. The topological polar surface area (TPSA) is 54.0 Å². The van der Waals surface area contributed by atoms with Gasteiger partial charge in [0.1, 0.15) is 11.9 Å². The predicted octanol–water partition coefficient (Wildman–Crippen LogP) is 2.96. The zero-order chi connectivity index (χ0) is 14.4. The molecule has 0 radical (unpaired) electrons. The van der Waals surface area contributed by atoms with E-state index in [4.69, 9.17) is 0 Å². The van der Waals surface area contributed by atoms with Crippen molar-refractivity contribution in [2.75, 3.05) is 5.32 Å². The van der Waals surface area contributed by atoms with Crippen molar-refractivity contribution in [2.45, 2.75) is 19.5 Å². The molecule has 1 heterocycles. The van der Waals surface area contributed by atoms with Gasteiger partial charge in [-0.3, -0.25) is 4.79 Å². The van der Waals surface area contributed by atoms with Crippen LogP contribution in [-0.4, -0.2) is 16.9 Å². The van der Waals surface area contributed by atoms with Crippen LogP contribution in [-0.2, 0) is 11.3 Å². The summed E-state index contributed by atoms with van der Waals surface area (Å²) in [5.74, 6) is 0.620. The number of amides is 1. The van der Waals surface area contributed by atoms with Gasteiger partial charge in [0.05, 0.1) is 0 Å². The molecule has 1 unspecified atom stereocenters. The lowest BCUT2D eigenvalue weighted by molar-refractivity contribution is -0.121. The zero-order valence-electron chi connectivity index (χ0n) is 11.1. The number of rotatable bonds is 5. The van der Waals surface area contributed by atoms with E-state index in [0.717, 1.165) is 10.0 Å². The molecule has 0 saturated heterocycles. The summed E-state index contributed by atoms with van der Waals surface area (Å²) in [6.45, 7) is 2.34. The number of hydrogen-bond donors (Lipinski definition) is 2. The minimum Gasteiger partial charge on any atom is -0.359 e. The number of carbonyl (C=O) groups excluding carboxylic acids is 1. The van der Waals surface area contributed by atoms with Crippen LogP contribution in [0.15, 0.2) is 53.1 Å². The highest BCUT2D eigenvalue weighted by molar-refractivity contribution is 9.10. The van der Waals surface area contributed by atoms with E-state index in [0.29, 0.717) is 12.4 Å². The number of benzene rings is 1. The monoisotopic (exact) mass is 333 g/mol. The van der Waals surface area contributed by atoms with Crippen LogP contribution < -0.4 is 10.6 Å². The summed E-state index contributed by atoms with van der Waals surface area (Å²) < 4.78 is 0.907. The molecular weight excluding hydrogens is 318 g/mol. The van der Waals surface area contributed by atoms with Gasteiger partial charge in [-0.15, -0.1) is 0 Å². The lowest BCUT2D eigenvalue weighted by atomic mass is 10.2. The summed E-state index contributed by atoms with van der Waals surface area (Å²) in [5, 5.41) is 5.95. The molecule has 20 heavy (non-hydrogen) atoms. The molecule has 1 atom stereocenters. The number of nitrogens with zero attached hydrogens (tertiary/aromatic N) is 1. The van der Waals surface area contributed by atoms with Crippen LogP contribution in [0.4, 0.5) is 5.82 Å². The lowest BCUT2D eigenvalue weighted by Gasteiger charge is -2.14. The van der Waals surface area contributed by atoms with E-state index in [-0.39, 0.29) is 11.9 Å². The largest absolute Gasteiger partial charge is 0.359 e. The first kappa shape index (κ1) is 14.5. The predicted molar refractivity (Wildman–Crippen MR) is 83.3 cm³/mol. The van der Waals surface area contributed by atoms with Crippen LogP contribution in [0, 0.1) is 0 Å². The summed E-state index contributed by atoms with van der Waals surface area (Å²) in [6.07, 6.45) is 1.69. The SMILES string of the molecule is CC(Nc1ccc(Br)cn1)C(=O)NCc1ccccc1. The third-order valence-corrected chi connectivity index (χ3v) is 3.26. The van der Waals surface area contributed by atoms with E-state index in [1.165, 1.54) is 0 Å². The molecule has 4 nitrogen and oxygen atoms in total. The molecule has 0 saturated carbocycles. The molecule has 0 aliphatic heterocycles. The van der Waals surface area contributed by atoms with Crippen molar-refractivity contribution in [3.05, 3.63) is 58.7 Å². The normalized spacial score (nSPS) is 11.7. The average molecular weight is 334 g/mol. The van der Waals surface area contributed by atoms with E-state index in [9.17, 15) is 4.79 Å². The van der Waals surface area contributed by atoms with Gasteiger partial charge in [-0.05, 0) is 40.5 Å². The maximum absolute atomic E-state index is 12.0. The molecule has 1 amide bonds. The van der Waals surface area contributed by atoms with Gasteiger partial charge in [-0.1, -0.05) is 30.3 Å². The molecule has 2 rings (SSSR count). The van der Waals surface area contributed by atoms with Gasteiger partial charge in [0.15, 0.2) is 0 Å². The molecule has 0 fully saturated rings. The molecule has 2 N–H and O–H groups in total. The van der Waals surface area contributed by atoms with Crippen LogP contribution in [0.3, 0.4) is 0 Å². The Kier molecular flexibility index (Phi) is 5.12. The molecular formula is C15H16BrN3O. The van der Waals surface area contributed by atoms with Crippen LogP contribution in [0.2, 0.25) is 0 Å². The van der Waals surface area contributed by atoms with Gasteiger partial charge < -0.3 is 10.6 Å². The number of pyridine rings is 1. The first-order valence-corrected chi connectivity index (χ1v) is 7.14. The maximum Gasteiger partial charge on any atom is 0.242 e. The zero-order valence-corrected chi connectivity index (χ0v) is 12.7. The molecule has 0 aliphatic rings. The Morgan fingerprint density at radius 3 is 2.65 bits per heavy atom. The number of nitrogens with one attached hydrogen (secondary N) is 2. The molecule has 1 aromatic heterocycles. The Bertz CT molecular complexity index is 557. The van der Waals surface area contributed by atoms with Crippen molar-refractivity contribution in [2.24, 2.45) is 0 Å². The highest BCUT2D eigenvalue weighted by atomic mass is 79.9. The number of anilines is 1. The molecule has 0 spiro atoms. The van der Waals surface area contributed by atoms with Crippen LogP contribution in [0.25, 0.3) is 0 Å². The van der Waals surface area contributed by atoms with E-state index >= 15 is 0 Å². The van der Waals surface area contributed by atoms with Crippen molar-refractivity contribution in [3.8, 4) is 0 Å². The van der Waals surface area contributed by atoms with E-state index < -0.39 is 0 Å². The van der Waals surface area contributed by atoms with Crippen molar-refractivity contribution >= 4 is 27.7 Å². The van der Waals surface area contributed by atoms with E-state index in [1.54, 1.807) is 6.20 Å². The van der Waals surface area contributed by atoms with Crippen molar-refractivity contribution in [1.82, 2.24) is 10.3 Å². The second-order valence-electron chi connectivity index (χ2n) is 4.43. The first-order valence-electron chi connectivity index (χ1n) is 6.35. The fraction of sp³-hybridized carbons (Fsp3) is 0.200. The summed E-state index contributed by atoms with van der Waals surface area (Å²) >= 11 is 3.32. The smallest absolute Gasteiger partial charge is 0.242 e. The third-order valence-electron chi connectivity index (χ3n) is 2.79. The number of carbonyl (C=O) groups is 1. The minimum absolute atomic E-state index is 0.0569. The molecule has 2 aromatic rings. The second kappa shape index (κ2) is 7.05. The Morgan fingerprint density at radius 1 is 1.25 bits per heavy atom. The first-order chi connectivity index (χ1) is 9.65. The molecule has 0 aliphatic carbocycles. The molecule has 5 heteroatoms. The highest BCUT2D eigenvalue weighted by Crippen LogP contribution is 2.11. The van der Waals surface area contributed by atoms with Gasteiger partial charge in [0, 0.05) is 17.2 Å². The Labute approximate surface area is 126 Å². The van der Waals surface area contributed by atoms with Crippen molar-refractivity contribution in [3.63, 3.8) is 0 Å². The summed E-state index contributed by atoms with van der Waals surface area (Å²) in [5.41, 5.74) is 1.08. The average Bonchev–Trinajstić information content (AvgIpc) is 2.48. The highest BCUT2D eigenvalue weighted by Gasteiger charge is 2.12. The van der Waals surface area contributed by atoms with Crippen LogP contribution in [0.1, 0.15) is 12.5 Å². The number of aromatic nitrogens is 1. The Balaban J connectivity index is 1.84. The lowest BCUT2D eigenvalue weighted by Crippen LogP contribution is -2.37. The number of halogens is 1. The van der Waals surface area contributed by atoms with Gasteiger partial charge >= 0.3 is 0 Å². The van der Waals surface area contributed by atoms with Crippen LogP contribution >= 0.6 is 15.9 Å². The summed E-state index contributed by atoms with van der Waals surface area (Å²) in [7, 11) is 0. The van der Waals surface area contributed by atoms with Gasteiger partial charge in [-0.2, -0.15) is 0 Å². The summed E-state index contributed by atoms with van der Waals surface area (Å²) in [4.78, 5) is 16.2. The second-order valence-corrected chi connectivity index (χ2v) is 5.35. The number of hydrogen-bond acceptors (Lipinski definition) is 3. The molecule has 104 valence electrons. The van der Waals surface area contributed by atoms with Crippen molar-refractivity contribution < 1.29 is 4.79 Å². The van der Waals surface area contributed by atoms with Crippen molar-refractivity contribution in [1.29, 1.82) is 0 Å². The van der Waals surface area contributed by atoms with E-state index in [1.807, 2.05) is 49.4 Å². The van der Waals surface area contributed by atoms with Gasteiger partial charge in [0.2, 0.25) is 5.91 Å². The fourth-order valence-corrected chi connectivity index (χ4v) is 1.92. The van der Waals surface area contributed by atoms with E-state index in [2.05, 4.69) is 31.5 Å². The Hall–Kier alpha value is -1.88. The van der Waals surface area contributed by atoms with Gasteiger partial charge in [0.25, 0.3) is 0 Å². The Morgan fingerprint density at radius 2 is 2.00 bits per heavy atom. The molecule has 0 bridgehead atoms. The standard InChI is InChI=1S/C15H16BrN3O/c1-11(19-14-8-7-13(16)10-17-14)15(20)18-9-12-5-3-2-4-6-12/h2-8,10-11H,9H2,1H3,(H,17,19)(H,18,20). The quantitative estimate of drug-likeness (QED) is 0.884. The fourth-order valence-electron chi connectivity index (χ4n) is 1.69. The maximum atomic E-state index is 12.0. The minimum atomic E-state index is -0.340. The van der Waals surface area contributed by atoms with Gasteiger partial charge in [-0.25, -0.2) is 4.98 Å². The van der Waals surface area contributed by atoms with Crippen LogP contribution in [0.5, 0.6) is 0 Å².